The van der Waals surface area contributed by atoms with Gasteiger partial charge in [0.1, 0.15) is 6.10 Å². The number of carboxylic acid groups (broad SMARTS) is 1. The van der Waals surface area contributed by atoms with Crippen molar-refractivity contribution < 1.29 is 24.9 Å². The lowest BCUT2D eigenvalue weighted by Gasteiger charge is -2.16. The van der Waals surface area contributed by atoms with E-state index in [9.17, 15) is 15.0 Å². The van der Waals surface area contributed by atoms with Crippen molar-refractivity contribution in [3.63, 3.8) is 0 Å². The topological polar surface area (TPSA) is 87.0 Å². The van der Waals surface area contributed by atoms with E-state index >= 15 is 0 Å². The zero-order valence-corrected chi connectivity index (χ0v) is 15.8. The van der Waals surface area contributed by atoms with Gasteiger partial charge in [-0.15, -0.1) is 0 Å². The van der Waals surface area contributed by atoms with E-state index in [2.05, 4.69) is 13.0 Å². The second-order valence-corrected chi connectivity index (χ2v) is 7.66. The lowest BCUT2D eigenvalue weighted by molar-refractivity contribution is -0.137. The van der Waals surface area contributed by atoms with E-state index in [1.165, 1.54) is 0 Å². The van der Waals surface area contributed by atoms with Crippen LogP contribution in [0.1, 0.15) is 71.1 Å². The van der Waals surface area contributed by atoms with E-state index in [4.69, 9.17) is 9.84 Å². The first-order chi connectivity index (χ1) is 12.5. The Morgan fingerprint density at radius 2 is 2.12 bits per heavy atom. The molecule has 1 heterocycles. The summed E-state index contributed by atoms with van der Waals surface area (Å²) in [5.74, 6) is 0.544. The highest BCUT2D eigenvalue weighted by Gasteiger charge is 2.46. The number of hydrogen-bond donors (Lipinski definition) is 3. The molecule has 0 bridgehead atoms. The predicted molar refractivity (Wildman–Crippen MR) is 101 cm³/mol. The van der Waals surface area contributed by atoms with Gasteiger partial charge in [-0.1, -0.05) is 38.3 Å². The summed E-state index contributed by atoms with van der Waals surface area (Å²) >= 11 is 0. The number of aliphatic hydroxyl groups excluding tert-OH is 2. The highest BCUT2D eigenvalue weighted by Crippen LogP contribution is 2.45. The molecule has 1 aliphatic carbocycles. The van der Waals surface area contributed by atoms with E-state index < -0.39 is 18.2 Å². The smallest absolute Gasteiger partial charge is 0.303 e. The molecule has 26 heavy (non-hydrogen) atoms. The van der Waals surface area contributed by atoms with Gasteiger partial charge in [-0.3, -0.25) is 4.79 Å². The lowest BCUT2D eigenvalue weighted by Crippen LogP contribution is -2.18. The largest absolute Gasteiger partial charge is 0.495 e. The molecule has 5 nitrogen and oxygen atoms in total. The summed E-state index contributed by atoms with van der Waals surface area (Å²) in [6, 6.07) is 0. The molecule has 0 radical (unpaired) electrons. The first-order valence-corrected chi connectivity index (χ1v) is 10.1. The molecule has 2 fully saturated rings. The van der Waals surface area contributed by atoms with Crippen LogP contribution in [0.3, 0.4) is 0 Å². The Balaban J connectivity index is 1.79. The van der Waals surface area contributed by atoms with Crippen LogP contribution in [-0.4, -0.2) is 39.6 Å². The number of rotatable bonds is 11. The molecule has 1 aliphatic heterocycles. The minimum atomic E-state index is -0.746. The van der Waals surface area contributed by atoms with Crippen LogP contribution < -0.4 is 0 Å². The fourth-order valence-corrected chi connectivity index (χ4v) is 4.02. The third-order valence-corrected chi connectivity index (χ3v) is 5.51. The van der Waals surface area contributed by atoms with Crippen LogP contribution in [-0.2, 0) is 9.53 Å². The molecule has 5 heteroatoms. The van der Waals surface area contributed by atoms with Crippen LogP contribution in [0.25, 0.3) is 0 Å². The highest BCUT2D eigenvalue weighted by atomic mass is 16.5. The van der Waals surface area contributed by atoms with Gasteiger partial charge in [0.05, 0.1) is 18.0 Å². The molecule has 2 aliphatic rings. The number of ether oxygens (including phenoxy) is 1. The number of fused-ring (bicyclic) bond motifs is 1. The fourth-order valence-electron chi connectivity index (χ4n) is 4.02. The van der Waals surface area contributed by atoms with Crippen molar-refractivity contribution in [1.29, 1.82) is 0 Å². The van der Waals surface area contributed by atoms with E-state index in [1.807, 2.05) is 12.2 Å². The van der Waals surface area contributed by atoms with Gasteiger partial charge in [0.25, 0.3) is 0 Å². The number of carbonyl (C=O) groups is 1. The van der Waals surface area contributed by atoms with Crippen molar-refractivity contribution in [3.05, 3.63) is 24.0 Å². The molecular formula is C21H34O5. The lowest BCUT2D eigenvalue weighted by atomic mass is 9.90. The Morgan fingerprint density at radius 1 is 1.31 bits per heavy atom. The highest BCUT2D eigenvalue weighted by molar-refractivity contribution is 5.66. The number of hydrogen-bond acceptors (Lipinski definition) is 4. The normalized spacial score (nSPS) is 30.7. The Bertz CT molecular complexity index is 499. The van der Waals surface area contributed by atoms with E-state index in [1.54, 1.807) is 0 Å². The molecule has 3 N–H and O–H groups in total. The minimum Gasteiger partial charge on any atom is -0.495 e. The molecule has 1 saturated heterocycles. The summed E-state index contributed by atoms with van der Waals surface area (Å²) in [5, 5.41) is 29.0. The molecule has 0 aromatic carbocycles. The van der Waals surface area contributed by atoms with Crippen molar-refractivity contribution in [3.8, 4) is 0 Å². The van der Waals surface area contributed by atoms with Crippen LogP contribution in [0.15, 0.2) is 24.0 Å². The maximum atomic E-state index is 10.5. The van der Waals surface area contributed by atoms with Crippen molar-refractivity contribution in [2.45, 2.75) is 89.4 Å². The SMILES string of the molecule is CCCCCC(O)C=CC1C(O)CC2OC(=CCCCCC(=O)O)CC21. The van der Waals surface area contributed by atoms with E-state index in [0.717, 1.165) is 50.7 Å². The van der Waals surface area contributed by atoms with Crippen molar-refractivity contribution in [2.75, 3.05) is 0 Å². The predicted octanol–water partition coefficient (Wildman–Crippen LogP) is 3.80. The number of allylic oxidation sites excluding steroid dienone is 2. The first kappa shape index (κ1) is 21.0. The van der Waals surface area contributed by atoms with Gasteiger partial charge in [0.15, 0.2) is 0 Å². The maximum absolute atomic E-state index is 10.5. The Morgan fingerprint density at radius 3 is 2.85 bits per heavy atom. The molecule has 0 aromatic rings. The molecule has 1 saturated carbocycles. The van der Waals surface area contributed by atoms with Crippen LogP contribution in [0.5, 0.6) is 0 Å². The summed E-state index contributed by atoms with van der Waals surface area (Å²) in [4.78, 5) is 10.5. The van der Waals surface area contributed by atoms with Gasteiger partial charge in [-0.2, -0.15) is 0 Å². The number of carboxylic acids is 1. The molecule has 5 unspecified atom stereocenters. The first-order valence-electron chi connectivity index (χ1n) is 10.1. The molecule has 0 aromatic heterocycles. The molecule has 5 atom stereocenters. The fraction of sp³-hybridized carbons (Fsp3) is 0.762. The van der Waals surface area contributed by atoms with Crippen molar-refractivity contribution >= 4 is 5.97 Å². The second-order valence-electron chi connectivity index (χ2n) is 7.66. The van der Waals surface area contributed by atoms with Gasteiger partial charge in [-0.25, -0.2) is 0 Å². The van der Waals surface area contributed by atoms with Crippen molar-refractivity contribution in [2.24, 2.45) is 11.8 Å². The van der Waals surface area contributed by atoms with Gasteiger partial charge in [0, 0.05) is 31.1 Å². The Kier molecular flexibility index (Phi) is 8.66. The van der Waals surface area contributed by atoms with Crippen LogP contribution in [0, 0.1) is 11.8 Å². The number of unbranched alkanes of at least 4 members (excludes halogenated alkanes) is 4. The zero-order valence-electron chi connectivity index (χ0n) is 15.8. The molecule has 2 rings (SSSR count). The third-order valence-electron chi connectivity index (χ3n) is 5.51. The monoisotopic (exact) mass is 366 g/mol. The van der Waals surface area contributed by atoms with Crippen LogP contribution >= 0.6 is 0 Å². The quantitative estimate of drug-likeness (QED) is 0.382. The number of aliphatic hydroxyl groups is 2. The average Bonchev–Trinajstić information content (AvgIpc) is 3.09. The van der Waals surface area contributed by atoms with Gasteiger partial charge in [-0.05, 0) is 31.8 Å². The standard InChI is InChI=1S/C21H34O5/c1-2-3-5-8-15(22)11-12-17-18-13-16(26-20(18)14-19(17)23)9-6-4-7-10-21(24)25/h9,11-12,15,17-20,22-23H,2-8,10,13-14H2,1H3,(H,24,25). The third kappa shape index (κ3) is 6.44. The molecule has 0 spiro atoms. The second kappa shape index (κ2) is 10.7. The average molecular weight is 366 g/mol. The summed E-state index contributed by atoms with van der Waals surface area (Å²) in [5.41, 5.74) is 0. The minimum absolute atomic E-state index is 0.0405. The van der Waals surface area contributed by atoms with Crippen molar-refractivity contribution in [1.82, 2.24) is 0 Å². The van der Waals surface area contributed by atoms with Gasteiger partial charge in [0.2, 0.25) is 0 Å². The Hall–Kier alpha value is -1.33. The summed E-state index contributed by atoms with van der Waals surface area (Å²) < 4.78 is 5.99. The molecule has 148 valence electrons. The number of aliphatic carboxylic acids is 1. The Labute approximate surface area is 156 Å². The molecular weight excluding hydrogens is 332 g/mol. The molecule has 0 amide bonds. The maximum Gasteiger partial charge on any atom is 0.303 e. The van der Waals surface area contributed by atoms with Gasteiger partial charge < -0.3 is 20.1 Å². The summed E-state index contributed by atoms with van der Waals surface area (Å²) in [7, 11) is 0. The van der Waals surface area contributed by atoms with Gasteiger partial charge >= 0.3 is 5.97 Å². The zero-order chi connectivity index (χ0) is 18.9. The summed E-state index contributed by atoms with van der Waals surface area (Å²) in [6.07, 6.45) is 13.3. The van der Waals surface area contributed by atoms with E-state index in [-0.39, 0.29) is 24.4 Å². The van der Waals surface area contributed by atoms with E-state index in [0.29, 0.717) is 12.8 Å². The summed E-state index contributed by atoms with van der Waals surface area (Å²) in [6.45, 7) is 2.15. The van der Waals surface area contributed by atoms with Crippen LogP contribution in [0.4, 0.5) is 0 Å². The van der Waals surface area contributed by atoms with Crippen LogP contribution in [0.2, 0.25) is 0 Å².